The monoisotopic (exact) mass is 372 g/mol. The number of guanidine groups is 1. The van der Waals surface area contributed by atoms with Crippen molar-refractivity contribution in [3.63, 3.8) is 0 Å². The summed E-state index contributed by atoms with van der Waals surface area (Å²) in [6, 6.07) is 7.78. The number of halogens is 1. The zero-order valence-corrected chi connectivity index (χ0v) is 15.5. The molecule has 0 unspecified atom stereocenters. The van der Waals surface area contributed by atoms with Gasteiger partial charge in [-0.3, -0.25) is 4.99 Å². The van der Waals surface area contributed by atoms with Crippen molar-refractivity contribution in [2.75, 3.05) is 38.5 Å². The third-order valence-electron chi connectivity index (χ3n) is 3.76. The minimum absolute atomic E-state index is 0.259. The lowest BCUT2D eigenvalue weighted by Gasteiger charge is -2.14. The van der Waals surface area contributed by atoms with Gasteiger partial charge >= 0.3 is 0 Å². The summed E-state index contributed by atoms with van der Waals surface area (Å²) in [5.74, 6) is 0.963. The summed E-state index contributed by atoms with van der Waals surface area (Å²) >= 11 is 5.98. The van der Waals surface area contributed by atoms with Gasteiger partial charge in [-0.25, -0.2) is 12.7 Å². The van der Waals surface area contributed by atoms with Crippen molar-refractivity contribution in [3.05, 3.63) is 34.9 Å². The normalized spacial score (nSPS) is 17.8. The van der Waals surface area contributed by atoms with E-state index in [0.29, 0.717) is 32.0 Å². The Bertz CT molecular complexity index is 664. The fraction of sp³-hybridized carbons (Fsp3) is 0.562. The Balaban J connectivity index is 1.80. The predicted octanol–water partition coefficient (Wildman–Crippen LogP) is 1.47. The number of sulfonamides is 1. The van der Waals surface area contributed by atoms with Crippen molar-refractivity contribution in [3.8, 4) is 0 Å². The molecule has 134 valence electrons. The van der Waals surface area contributed by atoms with E-state index in [1.54, 1.807) is 0 Å². The average Bonchev–Trinajstić information content (AvgIpc) is 2.86. The van der Waals surface area contributed by atoms with Gasteiger partial charge in [0.05, 0.1) is 12.3 Å². The summed E-state index contributed by atoms with van der Waals surface area (Å²) in [5, 5.41) is 7.17. The molecular weight excluding hydrogens is 348 g/mol. The molecule has 1 aromatic carbocycles. The van der Waals surface area contributed by atoms with E-state index in [2.05, 4.69) is 15.6 Å². The van der Waals surface area contributed by atoms with E-state index in [0.717, 1.165) is 30.1 Å². The van der Waals surface area contributed by atoms with E-state index >= 15 is 0 Å². The SMILES string of the molecule is CCNC(=NCCN1CCCS1(=O)=O)NCCc1cccc(Cl)c1. The highest BCUT2D eigenvalue weighted by atomic mass is 35.5. The first kappa shape index (κ1) is 19.0. The zero-order chi connectivity index (χ0) is 17.4. The number of nitrogens with zero attached hydrogens (tertiary/aromatic N) is 2. The molecule has 0 bridgehead atoms. The Labute approximate surface area is 149 Å². The van der Waals surface area contributed by atoms with Crippen LogP contribution in [0.4, 0.5) is 0 Å². The van der Waals surface area contributed by atoms with E-state index in [-0.39, 0.29) is 5.75 Å². The molecule has 6 nitrogen and oxygen atoms in total. The maximum absolute atomic E-state index is 11.8. The number of hydrogen-bond acceptors (Lipinski definition) is 3. The van der Waals surface area contributed by atoms with E-state index in [1.165, 1.54) is 4.31 Å². The number of aliphatic imine (C=N–C) groups is 1. The van der Waals surface area contributed by atoms with Gasteiger partial charge < -0.3 is 10.6 Å². The molecule has 1 aromatic rings. The highest BCUT2D eigenvalue weighted by Crippen LogP contribution is 2.12. The molecule has 8 heteroatoms. The predicted molar refractivity (Wildman–Crippen MR) is 99.1 cm³/mol. The van der Waals surface area contributed by atoms with Gasteiger partial charge in [-0.15, -0.1) is 0 Å². The number of hydrogen-bond donors (Lipinski definition) is 2. The summed E-state index contributed by atoms with van der Waals surface area (Å²) in [6.07, 6.45) is 1.55. The maximum Gasteiger partial charge on any atom is 0.214 e. The van der Waals surface area contributed by atoms with Gasteiger partial charge in [-0.2, -0.15) is 0 Å². The fourth-order valence-corrected chi connectivity index (χ4v) is 4.31. The zero-order valence-electron chi connectivity index (χ0n) is 14.0. The second-order valence-electron chi connectivity index (χ2n) is 5.64. The van der Waals surface area contributed by atoms with Crippen LogP contribution < -0.4 is 10.6 Å². The van der Waals surface area contributed by atoms with Gasteiger partial charge in [-0.05, 0) is 37.5 Å². The molecule has 1 aliphatic rings. The lowest BCUT2D eigenvalue weighted by Crippen LogP contribution is -2.39. The molecule has 0 saturated carbocycles. The van der Waals surface area contributed by atoms with E-state index in [4.69, 9.17) is 11.6 Å². The molecule has 2 N–H and O–H groups in total. The average molecular weight is 373 g/mol. The Kier molecular flexibility index (Phi) is 7.33. The second-order valence-corrected chi connectivity index (χ2v) is 8.16. The third-order valence-corrected chi connectivity index (χ3v) is 5.95. The molecule has 0 aliphatic carbocycles. The lowest BCUT2D eigenvalue weighted by atomic mass is 10.1. The molecule has 0 atom stereocenters. The summed E-state index contributed by atoms with van der Waals surface area (Å²) < 4.78 is 25.0. The molecule has 0 amide bonds. The van der Waals surface area contributed by atoms with Crippen LogP contribution in [0.3, 0.4) is 0 Å². The van der Waals surface area contributed by atoms with Crippen LogP contribution in [0, 0.1) is 0 Å². The van der Waals surface area contributed by atoms with Crippen LogP contribution in [0.15, 0.2) is 29.3 Å². The van der Waals surface area contributed by atoms with Crippen LogP contribution in [0.2, 0.25) is 5.02 Å². The molecule has 0 radical (unpaired) electrons. The largest absolute Gasteiger partial charge is 0.357 e. The highest BCUT2D eigenvalue weighted by Gasteiger charge is 2.27. The van der Waals surface area contributed by atoms with Gasteiger partial charge in [-0.1, -0.05) is 23.7 Å². The quantitative estimate of drug-likeness (QED) is 0.561. The van der Waals surface area contributed by atoms with Crippen molar-refractivity contribution in [2.24, 2.45) is 4.99 Å². The fourth-order valence-electron chi connectivity index (χ4n) is 2.58. The molecule has 24 heavy (non-hydrogen) atoms. The summed E-state index contributed by atoms with van der Waals surface area (Å²) in [5.41, 5.74) is 1.16. The van der Waals surface area contributed by atoms with Crippen molar-refractivity contribution in [2.45, 2.75) is 19.8 Å². The minimum Gasteiger partial charge on any atom is -0.357 e. The Morgan fingerprint density at radius 2 is 2.21 bits per heavy atom. The van der Waals surface area contributed by atoms with Crippen LogP contribution in [0.25, 0.3) is 0 Å². The van der Waals surface area contributed by atoms with Crippen LogP contribution >= 0.6 is 11.6 Å². The lowest BCUT2D eigenvalue weighted by molar-refractivity contribution is 0.452. The van der Waals surface area contributed by atoms with E-state index in [1.807, 2.05) is 31.2 Å². The maximum atomic E-state index is 11.8. The van der Waals surface area contributed by atoms with Crippen LogP contribution in [0.5, 0.6) is 0 Å². The summed E-state index contributed by atoms with van der Waals surface area (Å²) in [6.45, 7) is 4.98. The molecular formula is C16H25ClN4O2S. The Hall–Kier alpha value is -1.31. The molecule has 1 fully saturated rings. The third kappa shape index (κ3) is 5.96. The standard InChI is InChI=1S/C16H25ClN4O2S/c1-2-18-16(19-8-7-14-5-3-6-15(17)13-14)20-9-11-21-10-4-12-24(21,22)23/h3,5-6,13H,2,4,7-12H2,1H3,(H2,18,19,20). The van der Waals surface area contributed by atoms with Gasteiger partial charge in [0.1, 0.15) is 0 Å². The van der Waals surface area contributed by atoms with Crippen LogP contribution in [0.1, 0.15) is 18.9 Å². The first-order valence-electron chi connectivity index (χ1n) is 8.25. The van der Waals surface area contributed by atoms with Gasteiger partial charge in [0, 0.05) is 31.2 Å². The van der Waals surface area contributed by atoms with Crippen molar-refractivity contribution in [1.29, 1.82) is 0 Å². The van der Waals surface area contributed by atoms with Gasteiger partial charge in [0.2, 0.25) is 10.0 Å². The molecule has 0 spiro atoms. The van der Waals surface area contributed by atoms with Crippen LogP contribution in [-0.4, -0.2) is 57.2 Å². The topological polar surface area (TPSA) is 73.8 Å². The number of rotatable bonds is 7. The van der Waals surface area contributed by atoms with Gasteiger partial charge in [0.25, 0.3) is 0 Å². The molecule has 2 rings (SSSR count). The van der Waals surface area contributed by atoms with E-state index < -0.39 is 10.0 Å². The molecule has 1 aliphatic heterocycles. The van der Waals surface area contributed by atoms with Gasteiger partial charge in [0.15, 0.2) is 5.96 Å². The van der Waals surface area contributed by atoms with Crippen molar-refractivity contribution < 1.29 is 8.42 Å². The number of benzene rings is 1. The van der Waals surface area contributed by atoms with Crippen molar-refractivity contribution in [1.82, 2.24) is 14.9 Å². The van der Waals surface area contributed by atoms with Crippen molar-refractivity contribution >= 4 is 27.6 Å². The smallest absolute Gasteiger partial charge is 0.214 e. The first-order chi connectivity index (χ1) is 11.5. The van der Waals surface area contributed by atoms with Crippen LogP contribution in [-0.2, 0) is 16.4 Å². The highest BCUT2D eigenvalue weighted by molar-refractivity contribution is 7.89. The Morgan fingerprint density at radius 1 is 1.38 bits per heavy atom. The molecule has 1 heterocycles. The molecule has 1 saturated heterocycles. The minimum atomic E-state index is -3.04. The second kappa shape index (κ2) is 9.25. The molecule has 0 aromatic heterocycles. The summed E-state index contributed by atoms with van der Waals surface area (Å²) in [7, 11) is -3.04. The Morgan fingerprint density at radius 3 is 2.88 bits per heavy atom. The summed E-state index contributed by atoms with van der Waals surface area (Å²) in [4.78, 5) is 4.45. The van der Waals surface area contributed by atoms with E-state index in [9.17, 15) is 8.42 Å². The first-order valence-corrected chi connectivity index (χ1v) is 10.2. The number of nitrogens with one attached hydrogen (secondary N) is 2.